The van der Waals surface area contributed by atoms with Crippen molar-refractivity contribution in [3.05, 3.63) is 35.9 Å². The average Bonchev–Trinajstić information content (AvgIpc) is 3.07. The van der Waals surface area contributed by atoms with E-state index in [4.69, 9.17) is 0 Å². The number of carbonyl (C=O) groups is 1. The number of carbonyl (C=O) groups excluding carboxylic acids is 1. The van der Waals surface area contributed by atoms with Crippen LogP contribution in [-0.2, 0) is 11.3 Å². The first-order chi connectivity index (χ1) is 11.8. The maximum atomic E-state index is 12.5. The Morgan fingerprint density at radius 1 is 1.12 bits per heavy atom. The van der Waals surface area contributed by atoms with E-state index < -0.39 is 0 Å². The molecular formula is C21H30N2O. The summed E-state index contributed by atoms with van der Waals surface area (Å²) in [6, 6.07) is 10.4. The number of amides is 1. The summed E-state index contributed by atoms with van der Waals surface area (Å²) in [5.74, 6) is 2.85. The molecule has 4 atom stereocenters. The second kappa shape index (κ2) is 6.87. The van der Waals surface area contributed by atoms with Crippen LogP contribution in [0.5, 0.6) is 0 Å². The summed E-state index contributed by atoms with van der Waals surface area (Å²) < 4.78 is 0. The third-order valence-corrected chi connectivity index (χ3v) is 6.83. The van der Waals surface area contributed by atoms with Crippen molar-refractivity contribution in [2.75, 3.05) is 6.54 Å². The van der Waals surface area contributed by atoms with Gasteiger partial charge in [-0.15, -0.1) is 0 Å². The van der Waals surface area contributed by atoms with E-state index in [2.05, 4.69) is 34.9 Å². The Morgan fingerprint density at radius 3 is 2.88 bits per heavy atom. The minimum atomic E-state index is 0.145. The fourth-order valence-corrected chi connectivity index (χ4v) is 5.66. The molecule has 1 aromatic rings. The molecule has 1 amide bonds. The molecule has 0 saturated heterocycles. The summed E-state index contributed by atoms with van der Waals surface area (Å²) in [5, 5.41) is 6.91. The van der Waals surface area contributed by atoms with Gasteiger partial charge in [-0.25, -0.2) is 0 Å². The number of nitrogens with one attached hydrogen (secondary N) is 2. The van der Waals surface area contributed by atoms with Gasteiger partial charge in [0.2, 0.25) is 5.91 Å². The molecule has 3 nitrogen and oxygen atoms in total. The summed E-state index contributed by atoms with van der Waals surface area (Å²) in [6.07, 6.45) is 9.89. The van der Waals surface area contributed by atoms with E-state index in [1.54, 1.807) is 0 Å². The molecule has 3 saturated carbocycles. The lowest BCUT2D eigenvalue weighted by atomic mass is 9.61. The van der Waals surface area contributed by atoms with E-state index in [9.17, 15) is 4.79 Å². The Bertz CT molecular complexity index is 572. The molecule has 4 bridgehead atoms. The van der Waals surface area contributed by atoms with Crippen molar-refractivity contribution in [1.29, 1.82) is 0 Å². The molecule has 3 heteroatoms. The third-order valence-electron chi connectivity index (χ3n) is 6.83. The van der Waals surface area contributed by atoms with Crippen LogP contribution in [0.2, 0.25) is 0 Å². The van der Waals surface area contributed by atoms with Gasteiger partial charge in [-0.1, -0.05) is 43.2 Å². The molecule has 4 unspecified atom stereocenters. The summed E-state index contributed by atoms with van der Waals surface area (Å²) in [5.41, 5.74) is 1.42. The van der Waals surface area contributed by atoms with Gasteiger partial charge >= 0.3 is 0 Å². The minimum Gasteiger partial charge on any atom is -0.350 e. The molecule has 3 aliphatic rings. The van der Waals surface area contributed by atoms with Crippen LogP contribution in [-0.4, -0.2) is 18.0 Å². The van der Waals surface area contributed by atoms with Crippen molar-refractivity contribution in [2.45, 2.75) is 63.5 Å². The first-order valence-electron chi connectivity index (χ1n) is 9.81. The van der Waals surface area contributed by atoms with E-state index in [1.165, 1.54) is 50.5 Å². The van der Waals surface area contributed by atoms with E-state index in [0.29, 0.717) is 6.42 Å². The van der Waals surface area contributed by atoms with E-state index >= 15 is 0 Å². The molecule has 0 heterocycles. The molecule has 0 spiro atoms. The Morgan fingerprint density at radius 2 is 2.00 bits per heavy atom. The maximum absolute atomic E-state index is 12.5. The van der Waals surface area contributed by atoms with Gasteiger partial charge in [-0.05, 0) is 55.4 Å². The normalized spacial score (nSPS) is 34.1. The van der Waals surface area contributed by atoms with E-state index in [1.807, 2.05) is 6.07 Å². The number of benzene rings is 1. The van der Waals surface area contributed by atoms with Crippen LogP contribution in [0.4, 0.5) is 0 Å². The SMILES string of the molecule is O=C(CCNCc1ccccc1)NC12CCCC(C1)C1CCC2C1. The van der Waals surface area contributed by atoms with Crippen molar-refractivity contribution in [3.63, 3.8) is 0 Å². The molecule has 4 rings (SSSR count). The van der Waals surface area contributed by atoms with Crippen LogP contribution in [0.3, 0.4) is 0 Å². The molecule has 0 aromatic heterocycles. The summed E-state index contributed by atoms with van der Waals surface area (Å²) in [7, 11) is 0. The fourth-order valence-electron chi connectivity index (χ4n) is 5.66. The Hall–Kier alpha value is -1.35. The second-order valence-electron chi connectivity index (χ2n) is 8.24. The van der Waals surface area contributed by atoms with Crippen molar-refractivity contribution in [1.82, 2.24) is 10.6 Å². The second-order valence-corrected chi connectivity index (χ2v) is 8.24. The predicted molar refractivity (Wildman–Crippen MR) is 96.4 cm³/mol. The zero-order chi connectivity index (χ0) is 16.4. The summed E-state index contributed by atoms with van der Waals surface area (Å²) >= 11 is 0. The van der Waals surface area contributed by atoms with Crippen LogP contribution in [0, 0.1) is 17.8 Å². The summed E-state index contributed by atoms with van der Waals surface area (Å²) in [4.78, 5) is 12.5. The van der Waals surface area contributed by atoms with Gasteiger partial charge in [-0.2, -0.15) is 0 Å². The average molecular weight is 326 g/mol. The highest BCUT2D eigenvalue weighted by atomic mass is 16.1. The van der Waals surface area contributed by atoms with Gasteiger partial charge in [0.15, 0.2) is 0 Å². The lowest BCUT2D eigenvalue weighted by Gasteiger charge is -2.50. The van der Waals surface area contributed by atoms with Crippen LogP contribution < -0.4 is 10.6 Å². The molecule has 130 valence electrons. The number of rotatable bonds is 6. The Kier molecular flexibility index (Phi) is 4.62. The molecule has 24 heavy (non-hydrogen) atoms. The smallest absolute Gasteiger partial charge is 0.221 e. The van der Waals surface area contributed by atoms with Crippen LogP contribution in [0.15, 0.2) is 30.3 Å². The monoisotopic (exact) mass is 326 g/mol. The standard InChI is InChI=1S/C21H30N2O/c24-20(10-12-22-15-16-5-2-1-3-6-16)23-21-11-4-7-18(14-21)17-8-9-19(21)13-17/h1-3,5-6,17-19,22H,4,7-15H2,(H,23,24). The zero-order valence-corrected chi connectivity index (χ0v) is 14.6. The van der Waals surface area contributed by atoms with Gasteiger partial charge in [0.05, 0.1) is 0 Å². The number of hydrogen-bond acceptors (Lipinski definition) is 2. The van der Waals surface area contributed by atoms with Crippen molar-refractivity contribution in [3.8, 4) is 0 Å². The number of fused-ring (bicyclic) bond motifs is 6. The molecular weight excluding hydrogens is 296 g/mol. The highest BCUT2D eigenvalue weighted by Crippen LogP contribution is 2.56. The minimum absolute atomic E-state index is 0.145. The van der Waals surface area contributed by atoms with Crippen LogP contribution in [0.1, 0.15) is 56.9 Å². The van der Waals surface area contributed by atoms with E-state index in [-0.39, 0.29) is 11.4 Å². The highest BCUT2D eigenvalue weighted by Gasteiger charge is 2.52. The largest absolute Gasteiger partial charge is 0.350 e. The van der Waals surface area contributed by atoms with Gasteiger partial charge in [-0.3, -0.25) is 4.79 Å². The third kappa shape index (κ3) is 3.23. The van der Waals surface area contributed by atoms with Crippen molar-refractivity contribution >= 4 is 5.91 Å². The van der Waals surface area contributed by atoms with Gasteiger partial charge in [0.1, 0.15) is 0 Å². The Labute approximate surface area is 145 Å². The Balaban J connectivity index is 1.26. The zero-order valence-electron chi connectivity index (χ0n) is 14.6. The summed E-state index contributed by atoms with van der Waals surface area (Å²) in [6.45, 7) is 1.60. The predicted octanol–water partition coefficient (Wildman–Crippen LogP) is 3.64. The molecule has 1 aromatic carbocycles. The molecule has 2 N–H and O–H groups in total. The van der Waals surface area contributed by atoms with Crippen LogP contribution in [0.25, 0.3) is 0 Å². The van der Waals surface area contributed by atoms with Crippen molar-refractivity contribution in [2.24, 2.45) is 17.8 Å². The lowest BCUT2D eigenvalue weighted by Crippen LogP contribution is -2.58. The fraction of sp³-hybridized carbons (Fsp3) is 0.667. The van der Waals surface area contributed by atoms with Crippen molar-refractivity contribution < 1.29 is 4.79 Å². The van der Waals surface area contributed by atoms with Gasteiger partial charge in [0, 0.05) is 25.0 Å². The molecule has 3 aliphatic carbocycles. The topological polar surface area (TPSA) is 41.1 Å². The first-order valence-corrected chi connectivity index (χ1v) is 9.81. The van der Waals surface area contributed by atoms with E-state index in [0.717, 1.165) is 30.8 Å². The lowest BCUT2D eigenvalue weighted by molar-refractivity contribution is -0.125. The quantitative estimate of drug-likeness (QED) is 0.784. The first kappa shape index (κ1) is 16.1. The van der Waals surface area contributed by atoms with Crippen LogP contribution >= 0.6 is 0 Å². The number of hydrogen-bond donors (Lipinski definition) is 2. The van der Waals surface area contributed by atoms with Gasteiger partial charge in [0.25, 0.3) is 0 Å². The highest BCUT2D eigenvalue weighted by molar-refractivity contribution is 5.77. The molecule has 0 aliphatic heterocycles. The maximum Gasteiger partial charge on any atom is 0.221 e. The molecule has 0 radical (unpaired) electrons. The van der Waals surface area contributed by atoms with Gasteiger partial charge < -0.3 is 10.6 Å². The molecule has 3 fully saturated rings.